The van der Waals surface area contributed by atoms with Crippen molar-refractivity contribution in [1.82, 2.24) is 9.24 Å². The molecule has 2 N–H and O–H groups in total. The fraction of sp³-hybridized carbons (Fsp3) is 0.438. The van der Waals surface area contributed by atoms with Gasteiger partial charge in [0.2, 0.25) is 0 Å². The van der Waals surface area contributed by atoms with Crippen LogP contribution in [0.2, 0.25) is 0 Å². The summed E-state index contributed by atoms with van der Waals surface area (Å²) in [7, 11) is 0. The van der Waals surface area contributed by atoms with Crippen molar-refractivity contribution in [3.05, 3.63) is 44.7 Å². The van der Waals surface area contributed by atoms with Gasteiger partial charge in [0.1, 0.15) is 5.82 Å². The number of aryl methyl sites for hydroxylation is 1. The lowest BCUT2D eigenvalue weighted by molar-refractivity contribution is 0.612. The van der Waals surface area contributed by atoms with Crippen molar-refractivity contribution in [3.63, 3.8) is 0 Å². The second-order valence-electron chi connectivity index (χ2n) is 6.31. The third-order valence-corrected chi connectivity index (χ3v) is 4.77. The summed E-state index contributed by atoms with van der Waals surface area (Å²) in [5.41, 5.74) is 0.0208. The molecule has 6 nitrogen and oxygen atoms in total. The van der Waals surface area contributed by atoms with Gasteiger partial charge in [-0.2, -0.15) is 4.68 Å². The van der Waals surface area contributed by atoms with Crippen molar-refractivity contribution >= 4 is 16.6 Å². The fourth-order valence-corrected chi connectivity index (χ4v) is 3.37. The number of nitrogen functional groups attached to an aromatic ring is 1. The molecular weight excluding hydrogens is 299 g/mol. The van der Waals surface area contributed by atoms with Gasteiger partial charge in [-0.05, 0) is 38.7 Å². The van der Waals surface area contributed by atoms with Crippen LogP contribution >= 0.6 is 0 Å². The first-order valence-corrected chi connectivity index (χ1v) is 7.82. The Bertz CT molecular complexity index is 921. The topological polar surface area (TPSA) is 73.3 Å². The number of nitrogens with two attached hydrogens (primary N) is 1. The molecule has 2 aliphatic rings. The first kappa shape index (κ1) is 14.3. The molecule has 1 aromatic heterocycles. The molecule has 121 valence electrons. The van der Waals surface area contributed by atoms with E-state index in [0.29, 0.717) is 22.4 Å². The number of rotatable bonds is 2. The first-order valence-electron chi connectivity index (χ1n) is 7.82. The van der Waals surface area contributed by atoms with Crippen molar-refractivity contribution < 1.29 is 4.39 Å². The SMILES string of the molecule is Cc1c(F)c(N2C[CH]CC2)cc2c1c(=O)n(N)c(=O)n2C1CC1. The molecular formula is C16H18FN4O2. The molecule has 0 atom stereocenters. The Balaban J connectivity index is 2.12. The lowest BCUT2D eigenvalue weighted by atomic mass is 10.1. The summed E-state index contributed by atoms with van der Waals surface area (Å²) in [5.74, 6) is 5.22. The molecule has 7 heteroatoms. The van der Waals surface area contributed by atoms with E-state index in [0.717, 1.165) is 25.8 Å². The zero-order valence-corrected chi connectivity index (χ0v) is 12.9. The number of benzene rings is 1. The van der Waals surface area contributed by atoms with E-state index < -0.39 is 17.1 Å². The van der Waals surface area contributed by atoms with Crippen molar-refractivity contribution in [2.24, 2.45) is 0 Å². The number of anilines is 1. The Morgan fingerprint density at radius 2 is 2.04 bits per heavy atom. The molecule has 1 saturated carbocycles. The van der Waals surface area contributed by atoms with Gasteiger partial charge in [-0.15, -0.1) is 0 Å². The van der Waals surface area contributed by atoms with Crippen LogP contribution in [0.5, 0.6) is 0 Å². The quantitative estimate of drug-likeness (QED) is 0.841. The minimum Gasteiger partial charge on any atom is -0.369 e. The number of nitrogens with zero attached hydrogens (tertiary/aromatic N) is 3. The van der Waals surface area contributed by atoms with Crippen molar-refractivity contribution in [2.75, 3.05) is 23.8 Å². The number of fused-ring (bicyclic) bond motifs is 1. The molecule has 2 heterocycles. The monoisotopic (exact) mass is 317 g/mol. The van der Waals surface area contributed by atoms with E-state index in [-0.39, 0.29) is 17.0 Å². The van der Waals surface area contributed by atoms with Gasteiger partial charge in [0.25, 0.3) is 5.56 Å². The first-order chi connectivity index (χ1) is 11.0. The molecule has 23 heavy (non-hydrogen) atoms. The predicted octanol–water partition coefficient (Wildman–Crippen LogP) is 1.07. The third kappa shape index (κ3) is 1.99. The molecule has 0 amide bonds. The Hall–Kier alpha value is -2.31. The molecule has 1 aliphatic carbocycles. The molecule has 1 aliphatic heterocycles. The van der Waals surface area contributed by atoms with Gasteiger partial charge in [0.15, 0.2) is 0 Å². The standard InChI is InChI=1S/C16H18FN4O2/c1-9-13-11(8-12(14(9)17)19-6-2-3-7-19)20(10-4-5-10)16(23)21(18)15(13)22/h2,8,10H,3-7,18H2,1H3. The molecule has 1 saturated heterocycles. The third-order valence-electron chi connectivity index (χ3n) is 4.77. The van der Waals surface area contributed by atoms with Crippen molar-refractivity contribution in [2.45, 2.75) is 32.2 Å². The number of hydrogen-bond donors (Lipinski definition) is 1. The highest BCUT2D eigenvalue weighted by molar-refractivity contribution is 5.86. The van der Waals surface area contributed by atoms with Crippen LogP contribution in [0.3, 0.4) is 0 Å². The molecule has 1 aromatic carbocycles. The normalized spacial score (nSPS) is 18.1. The van der Waals surface area contributed by atoms with Crippen LogP contribution in [-0.2, 0) is 0 Å². The summed E-state index contributed by atoms with van der Waals surface area (Å²) in [6, 6.07) is 1.68. The van der Waals surface area contributed by atoms with Crippen LogP contribution in [0.1, 0.15) is 30.9 Å². The zero-order valence-electron chi connectivity index (χ0n) is 12.9. The van der Waals surface area contributed by atoms with Crippen LogP contribution in [0, 0.1) is 19.2 Å². The second-order valence-corrected chi connectivity index (χ2v) is 6.31. The van der Waals surface area contributed by atoms with E-state index in [1.165, 1.54) is 0 Å². The summed E-state index contributed by atoms with van der Waals surface area (Å²) in [4.78, 5) is 26.7. The summed E-state index contributed by atoms with van der Waals surface area (Å²) >= 11 is 0. The largest absolute Gasteiger partial charge is 0.369 e. The molecule has 0 spiro atoms. The van der Waals surface area contributed by atoms with E-state index in [1.54, 1.807) is 17.6 Å². The molecule has 2 fully saturated rings. The van der Waals surface area contributed by atoms with E-state index in [2.05, 4.69) is 6.42 Å². The molecule has 0 unspecified atom stereocenters. The van der Waals surface area contributed by atoms with Gasteiger partial charge < -0.3 is 10.7 Å². The van der Waals surface area contributed by atoms with Gasteiger partial charge >= 0.3 is 5.69 Å². The van der Waals surface area contributed by atoms with E-state index >= 15 is 0 Å². The predicted molar refractivity (Wildman–Crippen MR) is 86.7 cm³/mol. The Labute approximate surface area is 131 Å². The highest BCUT2D eigenvalue weighted by Gasteiger charge is 2.30. The highest BCUT2D eigenvalue weighted by atomic mass is 19.1. The maximum atomic E-state index is 14.8. The number of aromatic nitrogens is 2. The van der Waals surface area contributed by atoms with Gasteiger partial charge in [-0.1, -0.05) is 0 Å². The van der Waals surface area contributed by atoms with E-state index in [1.807, 2.05) is 4.90 Å². The van der Waals surface area contributed by atoms with Crippen LogP contribution in [-0.4, -0.2) is 22.3 Å². The van der Waals surface area contributed by atoms with E-state index in [9.17, 15) is 14.0 Å². The van der Waals surface area contributed by atoms with Crippen LogP contribution < -0.4 is 22.0 Å². The van der Waals surface area contributed by atoms with Crippen LogP contribution in [0.15, 0.2) is 15.7 Å². The maximum absolute atomic E-state index is 14.8. The van der Waals surface area contributed by atoms with Crippen LogP contribution in [0.4, 0.5) is 10.1 Å². The number of halogens is 1. The summed E-state index contributed by atoms with van der Waals surface area (Å²) in [6.07, 6.45) is 4.73. The summed E-state index contributed by atoms with van der Waals surface area (Å²) in [6.45, 7) is 2.98. The minimum absolute atomic E-state index is 0.0447. The Kier molecular flexibility index (Phi) is 3.01. The smallest absolute Gasteiger partial charge is 0.350 e. The second kappa shape index (κ2) is 4.84. The zero-order chi connectivity index (χ0) is 16.3. The lowest BCUT2D eigenvalue weighted by Crippen LogP contribution is -2.44. The average Bonchev–Trinajstić information content (AvgIpc) is 3.21. The molecule has 0 bridgehead atoms. The summed E-state index contributed by atoms with van der Waals surface area (Å²) in [5, 5.41) is 0.198. The molecule has 1 radical (unpaired) electrons. The highest BCUT2D eigenvalue weighted by Crippen LogP contribution is 2.37. The molecule has 2 aromatic rings. The van der Waals surface area contributed by atoms with Gasteiger partial charge in [-0.3, -0.25) is 9.36 Å². The van der Waals surface area contributed by atoms with E-state index in [4.69, 9.17) is 5.84 Å². The van der Waals surface area contributed by atoms with Gasteiger partial charge in [-0.25, -0.2) is 9.18 Å². The van der Waals surface area contributed by atoms with Gasteiger partial charge in [0, 0.05) is 24.7 Å². The minimum atomic E-state index is -0.641. The molecule has 4 rings (SSSR count). The maximum Gasteiger partial charge on any atom is 0.350 e. The Morgan fingerprint density at radius 1 is 1.30 bits per heavy atom. The fourth-order valence-electron chi connectivity index (χ4n) is 3.37. The van der Waals surface area contributed by atoms with Crippen molar-refractivity contribution in [3.8, 4) is 0 Å². The number of hydrogen-bond acceptors (Lipinski definition) is 4. The van der Waals surface area contributed by atoms with Gasteiger partial charge in [0.05, 0.1) is 16.6 Å². The average molecular weight is 317 g/mol. The Morgan fingerprint density at radius 3 is 2.65 bits per heavy atom. The van der Waals surface area contributed by atoms with Crippen LogP contribution in [0.25, 0.3) is 10.9 Å². The lowest BCUT2D eigenvalue weighted by Gasteiger charge is -2.21. The summed E-state index contributed by atoms with van der Waals surface area (Å²) < 4.78 is 17.0. The van der Waals surface area contributed by atoms with Crippen molar-refractivity contribution in [1.29, 1.82) is 0 Å².